The van der Waals surface area contributed by atoms with E-state index in [0.29, 0.717) is 6.54 Å². The maximum Gasteiger partial charge on any atom is 0.145 e. The third-order valence-corrected chi connectivity index (χ3v) is 2.14. The van der Waals surface area contributed by atoms with Gasteiger partial charge in [-0.1, -0.05) is 18.3 Å². The number of allylic oxidation sites excluding steroid dienone is 1. The SMILES string of the molecule is C=C(CN)S/C=C(\N)C(C)(C)F. The second kappa shape index (κ2) is 4.52. The van der Waals surface area contributed by atoms with Crippen molar-refractivity contribution in [3.8, 4) is 0 Å². The molecule has 0 unspecified atom stereocenters. The van der Waals surface area contributed by atoms with Gasteiger partial charge in [-0.05, 0) is 24.2 Å². The van der Waals surface area contributed by atoms with E-state index >= 15 is 0 Å². The second-order valence-corrected chi connectivity index (χ2v) is 3.96. The molecule has 0 aromatic heterocycles. The molecule has 12 heavy (non-hydrogen) atoms. The summed E-state index contributed by atoms with van der Waals surface area (Å²) in [6.07, 6.45) is 0. The molecule has 0 aliphatic carbocycles. The van der Waals surface area contributed by atoms with Crippen LogP contribution in [0.2, 0.25) is 0 Å². The minimum Gasteiger partial charge on any atom is -0.399 e. The van der Waals surface area contributed by atoms with Gasteiger partial charge in [0.1, 0.15) is 5.67 Å². The molecule has 0 aliphatic rings. The van der Waals surface area contributed by atoms with E-state index in [0.717, 1.165) is 4.91 Å². The van der Waals surface area contributed by atoms with Crippen LogP contribution in [0.1, 0.15) is 13.8 Å². The smallest absolute Gasteiger partial charge is 0.145 e. The monoisotopic (exact) mass is 190 g/mol. The van der Waals surface area contributed by atoms with Crippen LogP contribution >= 0.6 is 11.8 Å². The molecule has 0 spiro atoms. The Morgan fingerprint density at radius 2 is 2.17 bits per heavy atom. The van der Waals surface area contributed by atoms with Crippen molar-refractivity contribution in [1.29, 1.82) is 0 Å². The summed E-state index contributed by atoms with van der Waals surface area (Å²) >= 11 is 1.26. The molecule has 70 valence electrons. The van der Waals surface area contributed by atoms with E-state index in [4.69, 9.17) is 11.5 Å². The molecule has 0 aromatic rings. The topological polar surface area (TPSA) is 52.0 Å². The first-order valence-electron chi connectivity index (χ1n) is 3.57. The average molecular weight is 190 g/mol. The standard InChI is InChI=1S/C8H15FN2S/c1-6(4-10)12-5-7(11)8(2,3)9/h5H,1,4,10-11H2,2-3H3/b7-5-. The number of nitrogens with two attached hydrogens (primary N) is 2. The van der Waals surface area contributed by atoms with Crippen LogP contribution in [-0.4, -0.2) is 12.2 Å². The summed E-state index contributed by atoms with van der Waals surface area (Å²) in [6, 6.07) is 0. The molecule has 2 nitrogen and oxygen atoms in total. The fraction of sp³-hybridized carbons (Fsp3) is 0.500. The number of alkyl halides is 1. The van der Waals surface area contributed by atoms with Crippen LogP contribution < -0.4 is 11.5 Å². The lowest BCUT2D eigenvalue weighted by molar-refractivity contribution is 0.266. The lowest BCUT2D eigenvalue weighted by Gasteiger charge is -2.14. The van der Waals surface area contributed by atoms with E-state index in [1.165, 1.54) is 31.0 Å². The molecule has 0 aromatic carbocycles. The van der Waals surface area contributed by atoms with E-state index in [1.54, 1.807) is 0 Å². The molecule has 0 saturated heterocycles. The maximum atomic E-state index is 13.1. The number of thioether (sulfide) groups is 1. The molecular formula is C8H15FN2S. The van der Waals surface area contributed by atoms with Crippen LogP contribution in [0.3, 0.4) is 0 Å². The molecule has 0 saturated carbocycles. The quantitative estimate of drug-likeness (QED) is 0.710. The summed E-state index contributed by atoms with van der Waals surface area (Å²) in [5.74, 6) is 0. The Labute approximate surface area is 76.9 Å². The molecule has 0 amide bonds. The number of rotatable bonds is 4. The summed E-state index contributed by atoms with van der Waals surface area (Å²) < 4.78 is 13.1. The van der Waals surface area contributed by atoms with Gasteiger partial charge in [-0.15, -0.1) is 0 Å². The lowest BCUT2D eigenvalue weighted by Crippen LogP contribution is -2.22. The van der Waals surface area contributed by atoms with Crippen LogP contribution in [0.5, 0.6) is 0 Å². The number of hydrogen-bond donors (Lipinski definition) is 2. The summed E-state index contributed by atoms with van der Waals surface area (Å²) in [7, 11) is 0. The van der Waals surface area contributed by atoms with Crippen molar-refractivity contribution in [1.82, 2.24) is 0 Å². The summed E-state index contributed by atoms with van der Waals surface area (Å²) in [5, 5.41) is 1.54. The van der Waals surface area contributed by atoms with Gasteiger partial charge in [-0.2, -0.15) is 0 Å². The Bertz CT molecular complexity index is 194. The first kappa shape index (κ1) is 11.5. The normalized spacial score (nSPS) is 13.2. The molecular weight excluding hydrogens is 175 g/mol. The molecule has 0 aliphatic heterocycles. The van der Waals surface area contributed by atoms with Crippen molar-refractivity contribution in [2.45, 2.75) is 19.5 Å². The largest absolute Gasteiger partial charge is 0.399 e. The van der Waals surface area contributed by atoms with Crippen molar-refractivity contribution >= 4 is 11.8 Å². The van der Waals surface area contributed by atoms with Gasteiger partial charge >= 0.3 is 0 Å². The van der Waals surface area contributed by atoms with Crippen molar-refractivity contribution in [2.75, 3.05) is 6.54 Å². The summed E-state index contributed by atoms with van der Waals surface area (Å²) in [5.41, 5.74) is 9.45. The van der Waals surface area contributed by atoms with Crippen LogP contribution in [0, 0.1) is 0 Å². The highest BCUT2D eigenvalue weighted by Gasteiger charge is 2.18. The Hall–Kier alpha value is -0.480. The molecule has 0 atom stereocenters. The average Bonchev–Trinajstić information content (AvgIpc) is 1.97. The zero-order chi connectivity index (χ0) is 9.78. The van der Waals surface area contributed by atoms with Gasteiger partial charge in [-0.3, -0.25) is 0 Å². The van der Waals surface area contributed by atoms with Gasteiger partial charge in [-0.25, -0.2) is 4.39 Å². The summed E-state index contributed by atoms with van der Waals surface area (Å²) in [4.78, 5) is 0.766. The highest BCUT2D eigenvalue weighted by Crippen LogP contribution is 2.21. The Morgan fingerprint density at radius 1 is 1.67 bits per heavy atom. The minimum atomic E-state index is -1.47. The zero-order valence-corrected chi connectivity index (χ0v) is 8.25. The Kier molecular flexibility index (Phi) is 4.34. The first-order valence-corrected chi connectivity index (χ1v) is 4.45. The van der Waals surface area contributed by atoms with Crippen molar-refractivity contribution in [3.63, 3.8) is 0 Å². The van der Waals surface area contributed by atoms with E-state index in [9.17, 15) is 4.39 Å². The fourth-order valence-corrected chi connectivity index (χ4v) is 1.01. The van der Waals surface area contributed by atoms with Crippen molar-refractivity contribution < 1.29 is 4.39 Å². The van der Waals surface area contributed by atoms with Gasteiger partial charge in [0.25, 0.3) is 0 Å². The third-order valence-electron chi connectivity index (χ3n) is 1.27. The van der Waals surface area contributed by atoms with E-state index in [1.807, 2.05) is 0 Å². The van der Waals surface area contributed by atoms with E-state index in [2.05, 4.69) is 6.58 Å². The van der Waals surface area contributed by atoms with Gasteiger partial charge in [0.05, 0.1) is 5.70 Å². The van der Waals surface area contributed by atoms with E-state index in [-0.39, 0.29) is 5.70 Å². The third kappa shape index (κ3) is 4.41. The summed E-state index contributed by atoms with van der Waals surface area (Å²) in [6.45, 7) is 6.83. The molecule has 0 fully saturated rings. The van der Waals surface area contributed by atoms with Crippen LogP contribution in [-0.2, 0) is 0 Å². The van der Waals surface area contributed by atoms with Crippen LogP contribution in [0.25, 0.3) is 0 Å². The fourth-order valence-electron chi connectivity index (χ4n) is 0.335. The predicted octanol–water partition coefficient (Wildman–Crippen LogP) is 1.74. The Morgan fingerprint density at radius 3 is 2.50 bits per heavy atom. The highest BCUT2D eigenvalue weighted by molar-refractivity contribution is 8.05. The lowest BCUT2D eigenvalue weighted by atomic mass is 10.1. The minimum absolute atomic E-state index is 0.196. The molecule has 4 heteroatoms. The van der Waals surface area contributed by atoms with Gasteiger partial charge in [0.2, 0.25) is 0 Å². The maximum absolute atomic E-state index is 13.1. The van der Waals surface area contributed by atoms with Crippen molar-refractivity contribution in [2.24, 2.45) is 11.5 Å². The van der Waals surface area contributed by atoms with Gasteiger partial charge < -0.3 is 11.5 Å². The predicted molar refractivity (Wildman–Crippen MR) is 53.2 cm³/mol. The van der Waals surface area contributed by atoms with Crippen LogP contribution in [0.15, 0.2) is 22.6 Å². The molecule has 0 radical (unpaired) electrons. The molecule has 0 bridgehead atoms. The van der Waals surface area contributed by atoms with Crippen LogP contribution in [0.4, 0.5) is 4.39 Å². The Balaban J connectivity index is 4.11. The number of halogens is 1. The molecule has 0 rings (SSSR count). The van der Waals surface area contributed by atoms with Gasteiger partial charge in [0, 0.05) is 6.54 Å². The number of hydrogen-bond acceptors (Lipinski definition) is 3. The van der Waals surface area contributed by atoms with Gasteiger partial charge in [0.15, 0.2) is 0 Å². The second-order valence-electron chi connectivity index (χ2n) is 2.91. The first-order chi connectivity index (χ1) is 5.38. The zero-order valence-electron chi connectivity index (χ0n) is 7.43. The molecule has 4 N–H and O–H groups in total. The van der Waals surface area contributed by atoms with E-state index < -0.39 is 5.67 Å². The highest BCUT2D eigenvalue weighted by atomic mass is 32.2. The molecule has 0 heterocycles. The van der Waals surface area contributed by atoms with Crippen molar-refractivity contribution in [3.05, 3.63) is 22.6 Å².